The third kappa shape index (κ3) is 1.61. The van der Waals surface area contributed by atoms with Crippen molar-refractivity contribution < 1.29 is 4.39 Å². The van der Waals surface area contributed by atoms with Gasteiger partial charge < -0.3 is 4.98 Å². The van der Waals surface area contributed by atoms with Crippen molar-refractivity contribution in [2.24, 2.45) is 0 Å². The van der Waals surface area contributed by atoms with Crippen molar-refractivity contribution in [3.05, 3.63) is 35.8 Å². The van der Waals surface area contributed by atoms with Crippen molar-refractivity contribution in [1.82, 2.24) is 4.98 Å². The molecule has 0 fully saturated rings. The Labute approximate surface area is 84.1 Å². The number of alkyl halides is 1. The zero-order valence-electron chi connectivity index (χ0n) is 6.98. The van der Waals surface area contributed by atoms with Gasteiger partial charge in [-0.25, -0.2) is 4.39 Å². The maximum Gasteiger partial charge on any atom is 0.123 e. The predicted octanol–water partition coefficient (Wildman–Crippen LogP) is 3.24. The molecule has 1 aromatic carbocycles. The molecule has 0 unspecified atom stereocenters. The molecule has 1 aromatic heterocycles. The van der Waals surface area contributed by atoms with E-state index < -0.39 is 0 Å². The number of fused-ring (bicyclic) bond motifs is 1. The lowest BCUT2D eigenvalue weighted by Gasteiger charge is -1.94. The van der Waals surface area contributed by atoms with E-state index in [1.165, 1.54) is 6.07 Å². The SMILES string of the molecule is Fc1ccc2[nH]cc(CCBr)c2c1. The summed E-state index contributed by atoms with van der Waals surface area (Å²) in [5.41, 5.74) is 2.16. The summed E-state index contributed by atoms with van der Waals surface area (Å²) in [6.07, 6.45) is 2.86. The van der Waals surface area contributed by atoms with Crippen LogP contribution in [0.4, 0.5) is 4.39 Å². The lowest BCUT2D eigenvalue weighted by Crippen LogP contribution is -1.82. The van der Waals surface area contributed by atoms with Crippen LogP contribution in [0, 0.1) is 5.82 Å². The molecule has 0 aliphatic carbocycles. The van der Waals surface area contributed by atoms with Crippen molar-refractivity contribution in [3.63, 3.8) is 0 Å². The van der Waals surface area contributed by atoms with Crippen LogP contribution in [-0.4, -0.2) is 10.3 Å². The molecular weight excluding hydrogens is 233 g/mol. The number of hydrogen-bond donors (Lipinski definition) is 1. The first-order valence-corrected chi connectivity index (χ1v) is 5.25. The second kappa shape index (κ2) is 3.50. The quantitative estimate of drug-likeness (QED) is 0.778. The van der Waals surface area contributed by atoms with Gasteiger partial charge in [-0.3, -0.25) is 0 Å². The van der Waals surface area contributed by atoms with Crippen molar-refractivity contribution in [2.75, 3.05) is 5.33 Å². The van der Waals surface area contributed by atoms with E-state index in [0.717, 1.165) is 28.2 Å². The fourth-order valence-electron chi connectivity index (χ4n) is 1.46. The lowest BCUT2D eigenvalue weighted by molar-refractivity contribution is 0.629. The van der Waals surface area contributed by atoms with Gasteiger partial charge in [0, 0.05) is 22.4 Å². The second-order valence-corrected chi connectivity index (χ2v) is 3.74. The summed E-state index contributed by atoms with van der Waals surface area (Å²) < 4.78 is 12.9. The Bertz CT molecular complexity index is 422. The highest BCUT2D eigenvalue weighted by molar-refractivity contribution is 9.09. The Morgan fingerprint density at radius 1 is 1.38 bits per heavy atom. The average molecular weight is 242 g/mol. The number of aryl methyl sites for hydroxylation is 1. The second-order valence-electron chi connectivity index (χ2n) is 2.94. The molecule has 1 heterocycles. The van der Waals surface area contributed by atoms with E-state index in [9.17, 15) is 4.39 Å². The fraction of sp³-hybridized carbons (Fsp3) is 0.200. The number of aromatic amines is 1. The summed E-state index contributed by atoms with van der Waals surface area (Å²) in [5.74, 6) is -0.178. The summed E-state index contributed by atoms with van der Waals surface area (Å²) >= 11 is 3.37. The van der Waals surface area contributed by atoms with Crippen molar-refractivity contribution in [1.29, 1.82) is 0 Å². The highest BCUT2D eigenvalue weighted by Crippen LogP contribution is 2.19. The topological polar surface area (TPSA) is 15.8 Å². The van der Waals surface area contributed by atoms with Gasteiger partial charge in [-0.05, 0) is 30.2 Å². The molecule has 0 amide bonds. The molecule has 68 valence electrons. The molecular formula is C10H9BrFN. The van der Waals surface area contributed by atoms with E-state index in [1.54, 1.807) is 12.1 Å². The minimum absolute atomic E-state index is 0.178. The highest BCUT2D eigenvalue weighted by atomic mass is 79.9. The van der Waals surface area contributed by atoms with Gasteiger partial charge in [-0.15, -0.1) is 0 Å². The van der Waals surface area contributed by atoms with Crippen LogP contribution in [-0.2, 0) is 6.42 Å². The van der Waals surface area contributed by atoms with Crippen LogP contribution >= 0.6 is 15.9 Å². The van der Waals surface area contributed by atoms with Crippen molar-refractivity contribution in [2.45, 2.75) is 6.42 Å². The number of hydrogen-bond acceptors (Lipinski definition) is 0. The standard InChI is InChI=1S/C10H9BrFN/c11-4-3-7-6-13-10-2-1-8(12)5-9(7)10/h1-2,5-6,13H,3-4H2. The molecule has 2 rings (SSSR count). The van der Waals surface area contributed by atoms with Crippen LogP contribution < -0.4 is 0 Å². The van der Waals surface area contributed by atoms with E-state index in [1.807, 2.05) is 6.20 Å². The first kappa shape index (κ1) is 8.75. The highest BCUT2D eigenvalue weighted by Gasteiger charge is 2.03. The Kier molecular flexibility index (Phi) is 2.36. The number of H-pyrrole nitrogens is 1. The minimum atomic E-state index is -0.178. The number of rotatable bonds is 2. The largest absolute Gasteiger partial charge is 0.361 e. The molecule has 0 radical (unpaired) electrons. The molecule has 0 saturated heterocycles. The van der Waals surface area contributed by atoms with Crippen LogP contribution in [0.25, 0.3) is 10.9 Å². The van der Waals surface area contributed by atoms with E-state index in [0.29, 0.717) is 0 Å². The molecule has 13 heavy (non-hydrogen) atoms. The third-order valence-corrected chi connectivity index (χ3v) is 2.49. The normalized spacial score (nSPS) is 10.9. The van der Waals surface area contributed by atoms with Crippen LogP contribution in [0.5, 0.6) is 0 Å². The molecule has 0 atom stereocenters. The molecule has 0 spiro atoms. The molecule has 0 bridgehead atoms. The Morgan fingerprint density at radius 3 is 3.00 bits per heavy atom. The number of nitrogens with one attached hydrogen (secondary N) is 1. The average Bonchev–Trinajstić information content (AvgIpc) is 2.49. The van der Waals surface area contributed by atoms with Gasteiger partial charge >= 0.3 is 0 Å². The van der Waals surface area contributed by atoms with Gasteiger partial charge in [0.15, 0.2) is 0 Å². The summed E-state index contributed by atoms with van der Waals surface area (Å²) in [6.45, 7) is 0. The van der Waals surface area contributed by atoms with Crippen LogP contribution in [0.3, 0.4) is 0 Å². The van der Waals surface area contributed by atoms with Gasteiger partial charge in [-0.1, -0.05) is 15.9 Å². The zero-order valence-corrected chi connectivity index (χ0v) is 8.57. The fourth-order valence-corrected chi connectivity index (χ4v) is 1.89. The van der Waals surface area contributed by atoms with Crippen molar-refractivity contribution >= 4 is 26.8 Å². The van der Waals surface area contributed by atoms with E-state index in [2.05, 4.69) is 20.9 Å². The Balaban J connectivity index is 2.58. The van der Waals surface area contributed by atoms with Crippen LogP contribution in [0.2, 0.25) is 0 Å². The minimum Gasteiger partial charge on any atom is -0.361 e. The summed E-state index contributed by atoms with van der Waals surface area (Å²) in [6, 6.07) is 4.81. The molecule has 0 aliphatic rings. The monoisotopic (exact) mass is 241 g/mol. The maximum absolute atomic E-state index is 12.9. The summed E-state index contributed by atoms with van der Waals surface area (Å²) in [7, 11) is 0. The number of halogens is 2. The Morgan fingerprint density at radius 2 is 2.23 bits per heavy atom. The maximum atomic E-state index is 12.9. The first-order valence-electron chi connectivity index (χ1n) is 4.13. The zero-order chi connectivity index (χ0) is 9.26. The molecule has 1 N–H and O–H groups in total. The van der Waals surface area contributed by atoms with Crippen LogP contribution in [0.15, 0.2) is 24.4 Å². The van der Waals surface area contributed by atoms with Gasteiger partial charge in [-0.2, -0.15) is 0 Å². The molecule has 3 heteroatoms. The van der Waals surface area contributed by atoms with Crippen molar-refractivity contribution in [3.8, 4) is 0 Å². The van der Waals surface area contributed by atoms with E-state index in [4.69, 9.17) is 0 Å². The van der Waals surface area contributed by atoms with Gasteiger partial charge in [0.05, 0.1) is 0 Å². The molecule has 0 aliphatic heterocycles. The third-order valence-electron chi connectivity index (χ3n) is 2.09. The van der Waals surface area contributed by atoms with Gasteiger partial charge in [0.1, 0.15) is 5.82 Å². The predicted molar refractivity (Wildman–Crippen MR) is 55.8 cm³/mol. The number of benzene rings is 1. The number of aromatic nitrogens is 1. The smallest absolute Gasteiger partial charge is 0.123 e. The Hall–Kier alpha value is -0.830. The first-order chi connectivity index (χ1) is 6.31. The lowest BCUT2D eigenvalue weighted by atomic mass is 10.1. The van der Waals surface area contributed by atoms with Crippen LogP contribution in [0.1, 0.15) is 5.56 Å². The molecule has 0 saturated carbocycles. The summed E-state index contributed by atoms with van der Waals surface area (Å²) in [5, 5.41) is 1.88. The van der Waals surface area contributed by atoms with E-state index >= 15 is 0 Å². The molecule has 1 nitrogen and oxygen atoms in total. The molecule has 2 aromatic rings. The van der Waals surface area contributed by atoms with Gasteiger partial charge in [0.25, 0.3) is 0 Å². The van der Waals surface area contributed by atoms with Gasteiger partial charge in [0.2, 0.25) is 0 Å². The summed E-state index contributed by atoms with van der Waals surface area (Å²) in [4.78, 5) is 3.11. The van der Waals surface area contributed by atoms with E-state index in [-0.39, 0.29) is 5.82 Å².